The highest BCUT2D eigenvalue weighted by molar-refractivity contribution is 5.92. The van der Waals surface area contributed by atoms with Crippen LogP contribution < -0.4 is 15.5 Å². The van der Waals surface area contributed by atoms with Crippen molar-refractivity contribution in [3.05, 3.63) is 54.4 Å². The summed E-state index contributed by atoms with van der Waals surface area (Å²) in [6.45, 7) is 0.958. The number of hydrogen-bond acceptors (Lipinski definition) is 7. The molecule has 0 unspecified atom stereocenters. The van der Waals surface area contributed by atoms with Gasteiger partial charge in [0.15, 0.2) is 0 Å². The zero-order valence-corrected chi connectivity index (χ0v) is 16.0. The van der Waals surface area contributed by atoms with E-state index in [0.717, 1.165) is 27.8 Å². The Morgan fingerprint density at radius 1 is 1.17 bits per heavy atom. The SMILES string of the molecule is COc1cc2nccc(Nc3ccc(C4(C(=O)NO)CCOCC4)cc3)c2cn1. The lowest BCUT2D eigenvalue weighted by Gasteiger charge is -2.35. The number of carbonyl (C=O) groups is 1. The highest BCUT2D eigenvalue weighted by Crippen LogP contribution is 2.36. The predicted octanol–water partition coefficient (Wildman–Crippen LogP) is 2.94. The molecule has 3 heterocycles. The maximum Gasteiger partial charge on any atom is 0.254 e. The van der Waals surface area contributed by atoms with E-state index in [4.69, 9.17) is 9.47 Å². The van der Waals surface area contributed by atoms with Crippen LogP contribution in [-0.4, -0.2) is 41.4 Å². The maximum absolute atomic E-state index is 12.4. The van der Waals surface area contributed by atoms with E-state index in [9.17, 15) is 10.0 Å². The summed E-state index contributed by atoms with van der Waals surface area (Å²) in [7, 11) is 1.57. The summed E-state index contributed by atoms with van der Waals surface area (Å²) in [4.78, 5) is 21.0. The van der Waals surface area contributed by atoms with Crippen molar-refractivity contribution in [2.75, 3.05) is 25.6 Å². The van der Waals surface area contributed by atoms with Crippen LogP contribution in [0.2, 0.25) is 0 Å². The second kappa shape index (κ2) is 8.02. The second-order valence-electron chi connectivity index (χ2n) is 6.94. The molecule has 1 fully saturated rings. The molecule has 0 radical (unpaired) electrons. The van der Waals surface area contributed by atoms with Gasteiger partial charge in [0.25, 0.3) is 5.91 Å². The third-order valence-corrected chi connectivity index (χ3v) is 5.41. The molecule has 1 amide bonds. The van der Waals surface area contributed by atoms with Crippen LogP contribution in [0.3, 0.4) is 0 Å². The molecule has 1 aliphatic heterocycles. The summed E-state index contributed by atoms with van der Waals surface area (Å²) in [6, 6.07) is 11.3. The fourth-order valence-electron chi connectivity index (χ4n) is 3.74. The summed E-state index contributed by atoms with van der Waals surface area (Å²) in [6.07, 6.45) is 4.49. The van der Waals surface area contributed by atoms with Crippen molar-refractivity contribution < 1.29 is 19.5 Å². The lowest BCUT2D eigenvalue weighted by molar-refractivity contribution is -0.139. The van der Waals surface area contributed by atoms with Crippen molar-refractivity contribution in [3.63, 3.8) is 0 Å². The minimum atomic E-state index is -0.782. The third-order valence-electron chi connectivity index (χ3n) is 5.41. The molecule has 0 spiro atoms. The third kappa shape index (κ3) is 3.59. The van der Waals surface area contributed by atoms with E-state index in [0.29, 0.717) is 31.9 Å². The van der Waals surface area contributed by atoms with Crippen LogP contribution in [0, 0.1) is 0 Å². The molecule has 4 rings (SSSR count). The number of aromatic nitrogens is 2. The molecule has 0 atom stereocenters. The Morgan fingerprint density at radius 3 is 2.62 bits per heavy atom. The number of ether oxygens (including phenoxy) is 2. The summed E-state index contributed by atoms with van der Waals surface area (Å²) in [5.41, 5.74) is 4.40. The number of carbonyl (C=O) groups excluding carboxylic acids is 1. The van der Waals surface area contributed by atoms with Crippen LogP contribution in [-0.2, 0) is 14.9 Å². The molecule has 8 heteroatoms. The quantitative estimate of drug-likeness (QED) is 0.451. The van der Waals surface area contributed by atoms with Gasteiger partial charge >= 0.3 is 0 Å². The van der Waals surface area contributed by atoms with Gasteiger partial charge in [0.05, 0.1) is 23.7 Å². The van der Waals surface area contributed by atoms with Crippen LogP contribution in [0.25, 0.3) is 10.9 Å². The molecule has 0 aliphatic carbocycles. The summed E-state index contributed by atoms with van der Waals surface area (Å²) >= 11 is 0. The van der Waals surface area contributed by atoms with E-state index in [2.05, 4.69) is 15.3 Å². The van der Waals surface area contributed by atoms with Gasteiger partial charge in [0, 0.05) is 42.7 Å². The van der Waals surface area contributed by atoms with Gasteiger partial charge in [-0.05, 0) is 36.6 Å². The topological polar surface area (TPSA) is 106 Å². The van der Waals surface area contributed by atoms with Crippen LogP contribution in [0.4, 0.5) is 11.4 Å². The lowest BCUT2D eigenvalue weighted by atomic mass is 9.73. The second-order valence-corrected chi connectivity index (χ2v) is 6.94. The fraction of sp³-hybridized carbons (Fsp3) is 0.286. The van der Waals surface area contributed by atoms with E-state index in [1.54, 1.807) is 25.6 Å². The van der Waals surface area contributed by atoms with E-state index >= 15 is 0 Å². The Bertz CT molecular complexity index is 1020. The van der Waals surface area contributed by atoms with Gasteiger partial charge in [0.1, 0.15) is 0 Å². The van der Waals surface area contributed by atoms with Gasteiger partial charge < -0.3 is 14.8 Å². The average molecular weight is 394 g/mol. The first-order chi connectivity index (χ1) is 14.2. The monoisotopic (exact) mass is 394 g/mol. The Balaban J connectivity index is 1.62. The Morgan fingerprint density at radius 2 is 1.93 bits per heavy atom. The number of fused-ring (bicyclic) bond motifs is 1. The van der Waals surface area contributed by atoms with Gasteiger partial charge in [-0.2, -0.15) is 0 Å². The molecule has 0 bridgehead atoms. The number of methoxy groups -OCH3 is 1. The highest BCUT2D eigenvalue weighted by Gasteiger charge is 2.41. The number of hydrogen-bond donors (Lipinski definition) is 3. The molecule has 29 heavy (non-hydrogen) atoms. The van der Waals surface area contributed by atoms with Crippen LogP contribution in [0.5, 0.6) is 5.88 Å². The standard InChI is InChI=1S/C21H22N4O4/c1-28-19-12-18-16(13-23-19)17(6-9-22-18)24-15-4-2-14(3-5-15)21(20(26)25-27)7-10-29-11-8-21/h2-6,9,12-13,27H,7-8,10-11H2,1H3,(H,22,24)(H,25,26). The largest absolute Gasteiger partial charge is 0.481 e. The number of amides is 1. The number of pyridine rings is 2. The maximum atomic E-state index is 12.4. The predicted molar refractivity (Wildman–Crippen MR) is 107 cm³/mol. The zero-order valence-electron chi connectivity index (χ0n) is 16.0. The number of hydroxylamine groups is 1. The normalized spacial score (nSPS) is 15.7. The van der Waals surface area contributed by atoms with Crippen molar-refractivity contribution >= 4 is 28.2 Å². The number of nitrogens with one attached hydrogen (secondary N) is 2. The van der Waals surface area contributed by atoms with Crippen LogP contribution >= 0.6 is 0 Å². The molecule has 2 aromatic heterocycles. The first kappa shape index (κ1) is 19.1. The van der Waals surface area contributed by atoms with Gasteiger partial charge in [-0.25, -0.2) is 10.5 Å². The van der Waals surface area contributed by atoms with Crippen LogP contribution in [0.1, 0.15) is 18.4 Å². The Labute approximate surface area is 167 Å². The van der Waals surface area contributed by atoms with Gasteiger partial charge in [-0.1, -0.05) is 12.1 Å². The molecule has 1 aromatic carbocycles. The van der Waals surface area contributed by atoms with Crippen molar-refractivity contribution in [2.24, 2.45) is 0 Å². The number of nitrogens with zero attached hydrogens (tertiary/aromatic N) is 2. The number of benzene rings is 1. The Hall–Kier alpha value is -3.23. The molecule has 1 aliphatic rings. The molecular weight excluding hydrogens is 372 g/mol. The van der Waals surface area contributed by atoms with E-state index < -0.39 is 11.3 Å². The number of rotatable bonds is 5. The van der Waals surface area contributed by atoms with Crippen molar-refractivity contribution in [3.8, 4) is 5.88 Å². The van der Waals surface area contributed by atoms with Crippen LogP contribution in [0.15, 0.2) is 48.8 Å². The van der Waals surface area contributed by atoms with Crippen molar-refractivity contribution in [1.82, 2.24) is 15.4 Å². The minimum absolute atomic E-state index is 0.401. The minimum Gasteiger partial charge on any atom is -0.481 e. The summed E-state index contributed by atoms with van der Waals surface area (Å²) < 4.78 is 10.6. The highest BCUT2D eigenvalue weighted by atomic mass is 16.5. The molecule has 150 valence electrons. The van der Waals surface area contributed by atoms with Gasteiger partial charge in [-0.3, -0.25) is 15.0 Å². The van der Waals surface area contributed by atoms with E-state index in [1.165, 1.54) is 0 Å². The molecule has 3 N–H and O–H groups in total. The lowest BCUT2D eigenvalue weighted by Crippen LogP contribution is -2.47. The van der Waals surface area contributed by atoms with Gasteiger partial charge in [0.2, 0.25) is 5.88 Å². The summed E-state index contributed by atoms with van der Waals surface area (Å²) in [5.74, 6) is 0.108. The van der Waals surface area contributed by atoms with E-state index in [1.807, 2.05) is 35.8 Å². The molecular formula is C21H22N4O4. The Kier molecular flexibility index (Phi) is 5.28. The molecule has 3 aromatic rings. The molecule has 1 saturated heterocycles. The average Bonchev–Trinajstić information content (AvgIpc) is 2.79. The van der Waals surface area contributed by atoms with Crippen molar-refractivity contribution in [2.45, 2.75) is 18.3 Å². The summed E-state index contributed by atoms with van der Waals surface area (Å²) in [5, 5.41) is 13.5. The van der Waals surface area contributed by atoms with Crippen molar-refractivity contribution in [1.29, 1.82) is 0 Å². The fourth-order valence-corrected chi connectivity index (χ4v) is 3.74. The molecule has 8 nitrogen and oxygen atoms in total. The first-order valence-corrected chi connectivity index (χ1v) is 9.35. The van der Waals surface area contributed by atoms with Gasteiger partial charge in [-0.15, -0.1) is 0 Å². The molecule has 0 saturated carbocycles. The number of anilines is 2. The van der Waals surface area contributed by atoms with E-state index in [-0.39, 0.29) is 0 Å². The first-order valence-electron chi connectivity index (χ1n) is 9.35. The smallest absolute Gasteiger partial charge is 0.254 e. The zero-order chi connectivity index (χ0) is 20.3.